The summed E-state index contributed by atoms with van der Waals surface area (Å²) in [6.45, 7) is 5.91. The molecule has 0 spiro atoms. The van der Waals surface area contributed by atoms with Gasteiger partial charge in [0.2, 0.25) is 0 Å². The number of rotatable bonds is 10. The van der Waals surface area contributed by atoms with Crippen LogP contribution in [-0.2, 0) is 11.8 Å². The zero-order valence-corrected chi connectivity index (χ0v) is 24.0. The molecule has 2 aromatic carbocycles. The molecule has 0 saturated carbocycles. The molecule has 1 fully saturated rings. The van der Waals surface area contributed by atoms with Crippen molar-refractivity contribution < 1.29 is 22.3 Å². The number of hydrogen-bond acceptors (Lipinski definition) is 6. The molecule has 1 saturated heterocycles. The van der Waals surface area contributed by atoms with Crippen molar-refractivity contribution in [2.24, 2.45) is 7.05 Å². The van der Waals surface area contributed by atoms with Gasteiger partial charge in [-0.3, -0.25) is 14.3 Å². The molecular formula is C29H36F4N4O2S. The summed E-state index contributed by atoms with van der Waals surface area (Å²) in [5.41, 5.74) is 2.67. The van der Waals surface area contributed by atoms with Crippen LogP contribution in [0.1, 0.15) is 31.0 Å². The Morgan fingerprint density at radius 2 is 1.75 bits per heavy atom. The minimum atomic E-state index is -4.23. The normalized spacial score (nSPS) is 16.4. The van der Waals surface area contributed by atoms with Crippen molar-refractivity contribution >= 4 is 34.0 Å². The first-order valence-electron chi connectivity index (χ1n) is 13.3. The number of aryl methyl sites for hydroxylation is 1. The second kappa shape index (κ2) is 12.8. The fourth-order valence-electron chi connectivity index (χ4n) is 5.06. The average Bonchev–Trinajstić information content (AvgIpc) is 2.89. The van der Waals surface area contributed by atoms with Crippen molar-refractivity contribution in [3.63, 3.8) is 0 Å². The standard InChI is InChI=1S/C29H36F4N4O2S/c1-19-13-22(21(3)34-25-7-5-6-8-26(25)40-18-39-16-20(2)30)23-15-27(35(4)28(38)24(23)14-19)37-11-9-36(10-12-37)17-29(31,32)33/h5-8,13-15,20-21,34H,9-12,16-18H2,1-4H3/t20?,21-/m1/s1. The molecular weight excluding hydrogens is 544 g/mol. The van der Waals surface area contributed by atoms with Crippen molar-refractivity contribution in [2.75, 3.05) is 55.5 Å². The second-order valence-electron chi connectivity index (χ2n) is 10.3. The second-order valence-corrected chi connectivity index (χ2v) is 11.3. The monoisotopic (exact) mass is 580 g/mol. The number of thioether (sulfide) groups is 1. The number of benzene rings is 2. The first kappa shape index (κ1) is 30.2. The van der Waals surface area contributed by atoms with E-state index in [0.717, 1.165) is 27.1 Å². The van der Waals surface area contributed by atoms with Crippen LogP contribution in [0.25, 0.3) is 10.8 Å². The quantitative estimate of drug-likeness (QED) is 0.135. The van der Waals surface area contributed by atoms with E-state index in [9.17, 15) is 22.4 Å². The Bertz CT molecular complexity index is 1370. The Morgan fingerprint density at radius 1 is 1.05 bits per heavy atom. The van der Waals surface area contributed by atoms with Crippen LogP contribution in [0, 0.1) is 6.92 Å². The van der Waals surface area contributed by atoms with Gasteiger partial charge in [-0.15, -0.1) is 0 Å². The summed E-state index contributed by atoms with van der Waals surface area (Å²) >= 11 is 1.48. The van der Waals surface area contributed by atoms with Crippen LogP contribution in [0.3, 0.4) is 0 Å². The van der Waals surface area contributed by atoms with Gasteiger partial charge in [0.25, 0.3) is 5.56 Å². The molecule has 40 heavy (non-hydrogen) atoms. The lowest BCUT2D eigenvalue weighted by atomic mass is 9.97. The molecule has 218 valence electrons. The number of anilines is 2. The van der Waals surface area contributed by atoms with Gasteiger partial charge in [-0.25, -0.2) is 4.39 Å². The predicted octanol–water partition coefficient (Wildman–Crippen LogP) is 6.13. The fraction of sp³-hybridized carbons (Fsp3) is 0.483. The van der Waals surface area contributed by atoms with Crippen LogP contribution in [0.2, 0.25) is 0 Å². The molecule has 0 radical (unpaired) electrons. The van der Waals surface area contributed by atoms with Gasteiger partial charge in [-0.1, -0.05) is 30.0 Å². The summed E-state index contributed by atoms with van der Waals surface area (Å²) in [4.78, 5) is 17.8. The number of fused-ring (bicyclic) bond motifs is 1. The van der Waals surface area contributed by atoms with Gasteiger partial charge < -0.3 is 15.0 Å². The predicted molar refractivity (Wildman–Crippen MR) is 154 cm³/mol. The highest BCUT2D eigenvalue weighted by Gasteiger charge is 2.32. The van der Waals surface area contributed by atoms with Gasteiger partial charge in [-0.2, -0.15) is 13.2 Å². The van der Waals surface area contributed by atoms with Crippen molar-refractivity contribution in [3.8, 4) is 0 Å². The maximum atomic E-state index is 13.5. The van der Waals surface area contributed by atoms with Crippen LogP contribution >= 0.6 is 11.8 Å². The number of nitrogens with zero attached hydrogens (tertiary/aromatic N) is 3. The number of halogens is 4. The summed E-state index contributed by atoms with van der Waals surface area (Å²) < 4.78 is 58.7. The van der Waals surface area contributed by atoms with E-state index in [-0.39, 0.29) is 31.3 Å². The van der Waals surface area contributed by atoms with E-state index in [0.29, 0.717) is 30.2 Å². The summed E-state index contributed by atoms with van der Waals surface area (Å²) in [6, 6.07) is 13.6. The van der Waals surface area contributed by atoms with E-state index in [4.69, 9.17) is 4.74 Å². The third-order valence-electron chi connectivity index (χ3n) is 6.98. The van der Waals surface area contributed by atoms with Crippen molar-refractivity contribution in [2.45, 2.75) is 44.1 Å². The zero-order chi connectivity index (χ0) is 29.0. The first-order chi connectivity index (χ1) is 18.9. The maximum absolute atomic E-state index is 13.5. The molecule has 6 nitrogen and oxygen atoms in total. The Morgan fingerprint density at radius 3 is 2.42 bits per heavy atom. The summed E-state index contributed by atoms with van der Waals surface area (Å²) in [5, 5.41) is 4.98. The molecule has 4 rings (SSSR count). The third kappa shape index (κ3) is 7.50. The number of piperazine rings is 1. The summed E-state index contributed by atoms with van der Waals surface area (Å²) in [7, 11) is 1.71. The van der Waals surface area contributed by atoms with Gasteiger partial charge in [0, 0.05) is 55.2 Å². The lowest BCUT2D eigenvalue weighted by molar-refractivity contribution is -0.146. The highest BCUT2D eigenvalue weighted by atomic mass is 32.2. The Hall–Kier alpha value is -2.76. The fourth-order valence-corrected chi connectivity index (χ4v) is 5.83. The Kier molecular flexibility index (Phi) is 9.68. The maximum Gasteiger partial charge on any atom is 0.401 e. The van der Waals surface area contributed by atoms with E-state index < -0.39 is 18.9 Å². The number of pyridine rings is 1. The molecule has 1 aliphatic rings. The molecule has 0 bridgehead atoms. The molecule has 1 aliphatic heterocycles. The number of para-hydroxylation sites is 1. The SMILES string of the molecule is Cc1cc([C@@H](C)Nc2ccccc2SCOCC(C)F)c2cc(N3CCN(CC(F)(F)F)CC3)n(C)c(=O)c2c1. The Labute approximate surface area is 236 Å². The molecule has 1 N–H and O–H groups in total. The van der Waals surface area contributed by atoms with E-state index >= 15 is 0 Å². The van der Waals surface area contributed by atoms with Gasteiger partial charge >= 0.3 is 6.18 Å². The van der Waals surface area contributed by atoms with Crippen LogP contribution in [0.15, 0.2) is 52.2 Å². The lowest BCUT2D eigenvalue weighted by Gasteiger charge is -2.37. The highest BCUT2D eigenvalue weighted by molar-refractivity contribution is 7.99. The summed E-state index contributed by atoms with van der Waals surface area (Å²) in [5.74, 6) is 1.02. The van der Waals surface area contributed by atoms with E-state index in [1.165, 1.54) is 23.6 Å². The topological polar surface area (TPSA) is 49.7 Å². The molecule has 0 aliphatic carbocycles. The zero-order valence-electron chi connectivity index (χ0n) is 23.2. The average molecular weight is 581 g/mol. The van der Waals surface area contributed by atoms with Crippen molar-refractivity contribution in [1.29, 1.82) is 0 Å². The molecule has 0 amide bonds. The minimum Gasteiger partial charge on any atom is -0.378 e. The van der Waals surface area contributed by atoms with Gasteiger partial charge in [0.05, 0.1) is 19.1 Å². The largest absolute Gasteiger partial charge is 0.401 e. The van der Waals surface area contributed by atoms with Gasteiger partial charge in [0.15, 0.2) is 0 Å². The number of hydrogen-bond donors (Lipinski definition) is 1. The van der Waals surface area contributed by atoms with Crippen LogP contribution in [0.5, 0.6) is 0 Å². The van der Waals surface area contributed by atoms with Crippen molar-refractivity contribution in [3.05, 3.63) is 63.9 Å². The van der Waals surface area contributed by atoms with Crippen LogP contribution in [0.4, 0.5) is 29.1 Å². The van der Waals surface area contributed by atoms with Gasteiger partial charge in [0.1, 0.15) is 12.0 Å². The van der Waals surface area contributed by atoms with Crippen molar-refractivity contribution in [1.82, 2.24) is 9.47 Å². The summed E-state index contributed by atoms with van der Waals surface area (Å²) in [6.07, 6.45) is -5.25. The molecule has 2 heterocycles. The number of ether oxygens (including phenoxy) is 1. The third-order valence-corrected chi connectivity index (χ3v) is 7.93. The van der Waals surface area contributed by atoms with Gasteiger partial charge in [-0.05, 0) is 61.5 Å². The molecule has 11 heteroatoms. The minimum absolute atomic E-state index is 0.0446. The van der Waals surface area contributed by atoms with E-state index in [2.05, 4.69) is 11.4 Å². The first-order valence-corrected chi connectivity index (χ1v) is 14.3. The van der Waals surface area contributed by atoms with E-state index in [1.54, 1.807) is 11.6 Å². The molecule has 1 unspecified atom stereocenters. The lowest BCUT2D eigenvalue weighted by Crippen LogP contribution is -2.50. The molecule has 2 atom stereocenters. The number of aromatic nitrogens is 1. The van der Waals surface area contributed by atoms with E-state index in [1.807, 2.05) is 55.1 Å². The Balaban J connectivity index is 1.60. The van der Waals surface area contributed by atoms with Crippen LogP contribution < -0.4 is 15.8 Å². The highest BCUT2D eigenvalue weighted by Crippen LogP contribution is 2.33. The number of alkyl halides is 4. The molecule has 3 aromatic rings. The molecule has 1 aromatic heterocycles. The smallest absolute Gasteiger partial charge is 0.378 e. The van der Waals surface area contributed by atoms with Crippen LogP contribution in [-0.4, -0.2) is 67.1 Å². The number of nitrogens with one attached hydrogen (secondary N) is 1.